The van der Waals surface area contributed by atoms with Crippen LogP contribution in [0.4, 0.5) is 0 Å². The summed E-state index contributed by atoms with van der Waals surface area (Å²) in [5.74, 6) is -0.582. The maximum Gasteiger partial charge on any atom is 0.279 e. The van der Waals surface area contributed by atoms with E-state index in [0.717, 1.165) is 4.90 Å². The number of hydrogen-bond acceptors (Lipinski definition) is 4. The molecular weight excluding hydrogens is 328 g/mol. The van der Waals surface area contributed by atoms with Gasteiger partial charge in [-0.05, 0) is 42.6 Å². The lowest BCUT2D eigenvalue weighted by Gasteiger charge is -2.12. The number of hydrazine groups is 1. The van der Waals surface area contributed by atoms with Crippen LogP contribution in [-0.2, 0) is 4.79 Å². The standard InChI is InChI=1S/C14H13ClN2O2S2/c1-9(21-11-6-4-10(15)5-7-11)13(18)16-17-14(19)12-3-2-8-20-12/h2-9H,1H3,(H,16,18)(H,17,19)/t9-/m0/s1. The molecular formula is C14H13ClN2O2S2. The zero-order valence-electron chi connectivity index (χ0n) is 11.1. The maximum absolute atomic E-state index is 11.9. The molecule has 1 heterocycles. The fourth-order valence-corrected chi connectivity index (χ4v) is 3.07. The molecule has 7 heteroatoms. The number of rotatable bonds is 4. The van der Waals surface area contributed by atoms with Gasteiger partial charge in [-0.3, -0.25) is 20.4 Å². The van der Waals surface area contributed by atoms with Crippen molar-refractivity contribution in [3.63, 3.8) is 0 Å². The fourth-order valence-electron chi connectivity index (χ4n) is 1.46. The van der Waals surface area contributed by atoms with Crippen LogP contribution < -0.4 is 10.9 Å². The first-order chi connectivity index (χ1) is 10.1. The van der Waals surface area contributed by atoms with Gasteiger partial charge >= 0.3 is 0 Å². The molecule has 2 amide bonds. The summed E-state index contributed by atoms with van der Waals surface area (Å²) in [6.07, 6.45) is 0. The molecule has 0 saturated heterocycles. The predicted molar refractivity (Wildman–Crippen MR) is 86.7 cm³/mol. The number of carbonyl (C=O) groups is 2. The van der Waals surface area contributed by atoms with Gasteiger partial charge in [0.2, 0.25) is 0 Å². The monoisotopic (exact) mass is 340 g/mol. The zero-order valence-corrected chi connectivity index (χ0v) is 13.5. The van der Waals surface area contributed by atoms with Crippen molar-refractivity contribution in [2.45, 2.75) is 17.1 Å². The molecule has 2 rings (SSSR count). The van der Waals surface area contributed by atoms with Crippen LogP contribution in [0.25, 0.3) is 0 Å². The van der Waals surface area contributed by atoms with E-state index in [9.17, 15) is 9.59 Å². The van der Waals surface area contributed by atoms with E-state index in [1.807, 2.05) is 12.1 Å². The Hall–Kier alpha value is -1.50. The molecule has 1 aromatic carbocycles. The average molecular weight is 341 g/mol. The molecule has 2 aromatic rings. The van der Waals surface area contributed by atoms with Crippen LogP contribution in [0.15, 0.2) is 46.7 Å². The lowest BCUT2D eigenvalue weighted by Crippen LogP contribution is -2.44. The first-order valence-corrected chi connectivity index (χ1v) is 8.26. The first kappa shape index (κ1) is 15.9. The van der Waals surface area contributed by atoms with Gasteiger partial charge in [-0.15, -0.1) is 23.1 Å². The number of thiophene rings is 1. The van der Waals surface area contributed by atoms with Crippen LogP contribution in [0.2, 0.25) is 5.02 Å². The molecule has 0 aliphatic rings. The number of carbonyl (C=O) groups excluding carboxylic acids is 2. The van der Waals surface area contributed by atoms with Gasteiger partial charge in [0.15, 0.2) is 0 Å². The van der Waals surface area contributed by atoms with E-state index in [1.165, 1.54) is 23.1 Å². The number of benzene rings is 1. The molecule has 0 aliphatic carbocycles. The highest BCUT2D eigenvalue weighted by molar-refractivity contribution is 8.00. The van der Waals surface area contributed by atoms with Gasteiger partial charge < -0.3 is 0 Å². The predicted octanol–water partition coefficient (Wildman–Crippen LogP) is 3.34. The fraction of sp³-hybridized carbons (Fsp3) is 0.143. The number of hydrogen-bond donors (Lipinski definition) is 2. The molecule has 4 nitrogen and oxygen atoms in total. The van der Waals surface area contributed by atoms with E-state index in [2.05, 4.69) is 10.9 Å². The van der Waals surface area contributed by atoms with Gasteiger partial charge in [-0.25, -0.2) is 0 Å². The van der Waals surface area contributed by atoms with Crippen LogP contribution in [-0.4, -0.2) is 17.1 Å². The van der Waals surface area contributed by atoms with Gasteiger partial charge in [-0.2, -0.15) is 0 Å². The molecule has 0 unspecified atom stereocenters. The third-order valence-electron chi connectivity index (χ3n) is 2.54. The highest BCUT2D eigenvalue weighted by Crippen LogP contribution is 2.24. The minimum atomic E-state index is -0.338. The van der Waals surface area contributed by atoms with Crippen LogP contribution >= 0.6 is 34.7 Å². The molecule has 0 spiro atoms. The van der Waals surface area contributed by atoms with E-state index in [1.54, 1.807) is 36.6 Å². The lowest BCUT2D eigenvalue weighted by molar-refractivity contribution is -0.121. The van der Waals surface area contributed by atoms with E-state index >= 15 is 0 Å². The Labute approximate surface area is 135 Å². The van der Waals surface area contributed by atoms with Gasteiger partial charge in [-0.1, -0.05) is 17.7 Å². The Morgan fingerprint density at radius 3 is 2.52 bits per heavy atom. The highest BCUT2D eigenvalue weighted by atomic mass is 35.5. The van der Waals surface area contributed by atoms with Crippen LogP contribution in [0.5, 0.6) is 0 Å². The molecule has 1 atom stereocenters. The van der Waals surface area contributed by atoms with Crippen molar-refractivity contribution in [2.24, 2.45) is 0 Å². The number of nitrogens with one attached hydrogen (secondary N) is 2. The smallest absolute Gasteiger partial charge is 0.272 e. The quantitative estimate of drug-likeness (QED) is 0.663. The normalized spacial score (nSPS) is 11.7. The number of thioether (sulfide) groups is 1. The molecule has 0 saturated carbocycles. The number of amides is 2. The summed E-state index contributed by atoms with van der Waals surface area (Å²) in [5, 5.41) is 2.12. The molecule has 0 fully saturated rings. The van der Waals surface area contributed by atoms with E-state index in [4.69, 9.17) is 11.6 Å². The second kappa shape index (κ2) is 7.49. The van der Waals surface area contributed by atoms with Crippen molar-refractivity contribution in [3.05, 3.63) is 51.7 Å². The molecule has 0 bridgehead atoms. The van der Waals surface area contributed by atoms with Crippen molar-refractivity contribution >= 4 is 46.5 Å². The Morgan fingerprint density at radius 1 is 1.19 bits per heavy atom. The Balaban J connectivity index is 1.82. The molecule has 0 aliphatic heterocycles. The molecule has 1 aromatic heterocycles. The molecule has 110 valence electrons. The Morgan fingerprint density at radius 2 is 1.90 bits per heavy atom. The van der Waals surface area contributed by atoms with Gasteiger partial charge in [0.1, 0.15) is 0 Å². The lowest BCUT2D eigenvalue weighted by atomic mass is 10.4. The summed E-state index contributed by atoms with van der Waals surface area (Å²) in [5.41, 5.74) is 4.82. The first-order valence-electron chi connectivity index (χ1n) is 6.12. The van der Waals surface area contributed by atoms with Crippen molar-refractivity contribution in [2.75, 3.05) is 0 Å². The summed E-state index contributed by atoms with van der Waals surface area (Å²) >= 11 is 8.51. The van der Waals surface area contributed by atoms with Gasteiger partial charge in [0.25, 0.3) is 11.8 Å². The Kier molecular flexibility index (Phi) is 5.67. The summed E-state index contributed by atoms with van der Waals surface area (Å²) in [4.78, 5) is 25.1. The zero-order chi connectivity index (χ0) is 15.2. The van der Waals surface area contributed by atoms with E-state index < -0.39 is 0 Å². The number of halogens is 1. The highest BCUT2D eigenvalue weighted by Gasteiger charge is 2.15. The van der Waals surface area contributed by atoms with Crippen molar-refractivity contribution in [3.8, 4) is 0 Å². The van der Waals surface area contributed by atoms with Crippen LogP contribution in [0.3, 0.4) is 0 Å². The topological polar surface area (TPSA) is 58.2 Å². The SMILES string of the molecule is C[C@H](Sc1ccc(Cl)cc1)C(=O)NNC(=O)c1cccs1. The minimum Gasteiger partial charge on any atom is -0.272 e. The van der Waals surface area contributed by atoms with E-state index in [-0.39, 0.29) is 17.1 Å². The molecule has 21 heavy (non-hydrogen) atoms. The summed E-state index contributed by atoms with van der Waals surface area (Å²) < 4.78 is 0. The summed E-state index contributed by atoms with van der Waals surface area (Å²) in [6.45, 7) is 1.77. The van der Waals surface area contributed by atoms with Crippen molar-refractivity contribution in [1.29, 1.82) is 0 Å². The Bertz CT molecular complexity index is 614. The van der Waals surface area contributed by atoms with Crippen LogP contribution in [0, 0.1) is 0 Å². The van der Waals surface area contributed by atoms with Crippen LogP contribution in [0.1, 0.15) is 16.6 Å². The summed E-state index contributed by atoms with van der Waals surface area (Å²) in [7, 11) is 0. The van der Waals surface area contributed by atoms with Crippen molar-refractivity contribution in [1.82, 2.24) is 10.9 Å². The minimum absolute atomic E-state index is 0.264. The van der Waals surface area contributed by atoms with E-state index in [0.29, 0.717) is 9.90 Å². The van der Waals surface area contributed by atoms with Gasteiger partial charge in [0, 0.05) is 9.92 Å². The van der Waals surface area contributed by atoms with Gasteiger partial charge in [0.05, 0.1) is 10.1 Å². The largest absolute Gasteiger partial charge is 0.279 e. The third-order valence-corrected chi connectivity index (χ3v) is 4.77. The molecule has 2 N–H and O–H groups in total. The second-order valence-corrected chi connectivity index (χ2v) is 6.93. The molecule has 0 radical (unpaired) electrons. The third kappa shape index (κ3) is 4.77. The second-order valence-electron chi connectivity index (χ2n) is 4.13. The summed E-state index contributed by atoms with van der Waals surface area (Å²) in [6, 6.07) is 10.7. The van der Waals surface area contributed by atoms with Crippen molar-refractivity contribution < 1.29 is 9.59 Å². The average Bonchev–Trinajstić information content (AvgIpc) is 3.01. The maximum atomic E-state index is 11.9.